The molecule has 3 N–H and O–H groups in total. The van der Waals surface area contributed by atoms with E-state index in [1.807, 2.05) is 30.3 Å². The van der Waals surface area contributed by atoms with Crippen LogP contribution in [0, 0.1) is 0 Å². The molecule has 0 aliphatic carbocycles. The van der Waals surface area contributed by atoms with Gasteiger partial charge in [0.1, 0.15) is 6.61 Å². The van der Waals surface area contributed by atoms with Crippen LogP contribution in [0.2, 0.25) is 5.02 Å². The summed E-state index contributed by atoms with van der Waals surface area (Å²) in [5.74, 6) is -0.284. The van der Waals surface area contributed by atoms with E-state index in [1.165, 1.54) is 4.90 Å². The lowest BCUT2D eigenvalue weighted by Gasteiger charge is -2.42. The van der Waals surface area contributed by atoms with Crippen molar-refractivity contribution in [1.29, 1.82) is 0 Å². The summed E-state index contributed by atoms with van der Waals surface area (Å²) in [5, 5.41) is 14.7. The summed E-state index contributed by atoms with van der Waals surface area (Å²) < 4.78 is 11.2. The number of ether oxygens (including phenoxy) is 2. The van der Waals surface area contributed by atoms with Crippen molar-refractivity contribution < 1.29 is 29.0 Å². The van der Waals surface area contributed by atoms with Crippen LogP contribution in [0.15, 0.2) is 53.5 Å². The largest absolute Gasteiger partial charge is 0.465 e. The van der Waals surface area contributed by atoms with E-state index in [1.54, 1.807) is 25.1 Å². The topological polar surface area (TPSA) is 130 Å². The SMILES string of the molecule is C[C@@]1(c2cccc(NC(=O)OCc3ccccc3)c2Cl)CC(=O)N(C2CC3CCC(C2)O3)C(NC(=O)O)=N1. The average Bonchev–Trinajstić information content (AvgIpc) is 3.21. The Bertz CT molecular complexity index is 1260. The Hall–Kier alpha value is -3.63. The molecule has 3 amide bonds. The molecule has 2 bridgehead atoms. The molecule has 0 aromatic heterocycles. The number of amides is 3. The fraction of sp³-hybridized carbons (Fsp3) is 0.407. The van der Waals surface area contributed by atoms with Crippen molar-refractivity contribution in [3.8, 4) is 0 Å². The number of hydrogen-bond donors (Lipinski definition) is 3. The Balaban J connectivity index is 1.38. The first kappa shape index (κ1) is 26.0. The lowest BCUT2D eigenvalue weighted by atomic mass is 9.86. The standard InChI is InChI=1S/C27H29ClN4O6/c1-27(20-8-5-9-21(23(20)28)29-26(36)37-15-16-6-3-2-4-7-16)14-22(33)32(24(31-27)30-25(34)35)17-12-18-10-11-19(13-17)38-18/h2-9,17-19H,10-15H2,1H3,(H,29,36)(H,30,31)(H,34,35)/t17?,18?,19?,27-/m0/s1. The lowest BCUT2D eigenvalue weighted by Crippen LogP contribution is -2.58. The van der Waals surface area contributed by atoms with E-state index in [-0.39, 0.29) is 48.2 Å². The third-order valence-electron chi connectivity index (χ3n) is 7.22. The van der Waals surface area contributed by atoms with E-state index >= 15 is 0 Å². The minimum absolute atomic E-state index is 0.0217. The number of nitrogens with one attached hydrogen (secondary N) is 2. The van der Waals surface area contributed by atoms with Crippen LogP contribution >= 0.6 is 11.6 Å². The fourth-order valence-corrected chi connectivity index (χ4v) is 5.87. The summed E-state index contributed by atoms with van der Waals surface area (Å²) in [7, 11) is 0. The van der Waals surface area contributed by atoms with E-state index in [4.69, 9.17) is 26.1 Å². The molecule has 200 valence electrons. The van der Waals surface area contributed by atoms with E-state index < -0.39 is 17.7 Å². The van der Waals surface area contributed by atoms with Gasteiger partial charge in [0, 0.05) is 11.6 Å². The van der Waals surface area contributed by atoms with Crippen molar-refractivity contribution in [1.82, 2.24) is 10.2 Å². The molecule has 38 heavy (non-hydrogen) atoms. The maximum absolute atomic E-state index is 13.5. The van der Waals surface area contributed by atoms with Gasteiger partial charge in [0.05, 0.1) is 34.9 Å². The van der Waals surface area contributed by atoms with Crippen molar-refractivity contribution in [2.75, 3.05) is 5.32 Å². The molecule has 3 aliphatic rings. The van der Waals surface area contributed by atoms with E-state index in [9.17, 15) is 19.5 Å². The van der Waals surface area contributed by atoms with Gasteiger partial charge >= 0.3 is 12.2 Å². The fourth-order valence-electron chi connectivity index (χ4n) is 5.50. The predicted octanol–water partition coefficient (Wildman–Crippen LogP) is 4.87. The van der Waals surface area contributed by atoms with E-state index in [0.717, 1.165) is 18.4 Å². The van der Waals surface area contributed by atoms with Crippen molar-refractivity contribution >= 4 is 41.3 Å². The molecular formula is C27H29ClN4O6. The maximum Gasteiger partial charge on any atom is 0.412 e. The number of hydrogen-bond acceptors (Lipinski definition) is 6. The second-order valence-electron chi connectivity index (χ2n) is 10.0. The molecule has 3 aliphatic heterocycles. The highest BCUT2D eigenvalue weighted by molar-refractivity contribution is 6.34. The van der Waals surface area contributed by atoms with Crippen LogP contribution in [-0.4, -0.2) is 52.3 Å². The number of aliphatic imine (C=N–C) groups is 1. The van der Waals surface area contributed by atoms with Gasteiger partial charge in [-0.25, -0.2) is 14.6 Å². The summed E-state index contributed by atoms with van der Waals surface area (Å²) in [6, 6.07) is 14.1. The van der Waals surface area contributed by atoms with Crippen molar-refractivity contribution in [3.05, 3.63) is 64.7 Å². The van der Waals surface area contributed by atoms with Gasteiger partial charge in [-0.3, -0.25) is 20.3 Å². The van der Waals surface area contributed by atoms with Gasteiger partial charge in [0.2, 0.25) is 11.9 Å². The zero-order valence-electron chi connectivity index (χ0n) is 20.9. The zero-order valence-corrected chi connectivity index (χ0v) is 21.6. The number of guanidine groups is 1. The number of benzene rings is 2. The zero-order chi connectivity index (χ0) is 26.9. The molecule has 3 heterocycles. The first-order valence-corrected chi connectivity index (χ1v) is 12.9. The molecule has 0 saturated carbocycles. The number of rotatable bonds is 5. The number of anilines is 1. The number of nitrogens with zero attached hydrogens (tertiary/aromatic N) is 2. The number of carboxylic acid groups (broad SMARTS) is 1. The average molecular weight is 541 g/mol. The van der Waals surface area contributed by atoms with Gasteiger partial charge in [0.25, 0.3) is 0 Å². The van der Waals surface area contributed by atoms with Crippen LogP contribution < -0.4 is 10.6 Å². The normalized spacial score (nSPS) is 26.5. The number of carbonyl (C=O) groups is 3. The van der Waals surface area contributed by atoms with Crippen molar-refractivity contribution in [2.24, 2.45) is 4.99 Å². The van der Waals surface area contributed by atoms with E-state index in [2.05, 4.69) is 10.6 Å². The van der Waals surface area contributed by atoms with Crippen molar-refractivity contribution in [2.45, 2.75) is 69.4 Å². The van der Waals surface area contributed by atoms with Crippen LogP contribution in [0.3, 0.4) is 0 Å². The highest BCUT2D eigenvalue weighted by Gasteiger charge is 2.46. The van der Waals surface area contributed by atoms with Crippen LogP contribution in [0.5, 0.6) is 0 Å². The molecule has 10 nitrogen and oxygen atoms in total. The number of halogens is 1. The Morgan fingerprint density at radius 2 is 1.84 bits per heavy atom. The van der Waals surface area contributed by atoms with Crippen LogP contribution in [0.25, 0.3) is 0 Å². The highest BCUT2D eigenvalue weighted by atomic mass is 35.5. The molecule has 0 spiro atoms. The van der Waals surface area contributed by atoms with Gasteiger partial charge in [-0.05, 0) is 44.2 Å². The molecule has 11 heteroatoms. The molecular weight excluding hydrogens is 512 g/mol. The third-order valence-corrected chi connectivity index (χ3v) is 7.63. The highest BCUT2D eigenvalue weighted by Crippen LogP contribution is 2.42. The predicted molar refractivity (Wildman–Crippen MR) is 140 cm³/mol. The lowest BCUT2D eigenvalue weighted by molar-refractivity contribution is -0.134. The first-order valence-electron chi connectivity index (χ1n) is 12.6. The minimum atomic E-state index is -1.32. The summed E-state index contributed by atoms with van der Waals surface area (Å²) in [4.78, 5) is 43.8. The molecule has 2 aromatic rings. The molecule has 2 aromatic carbocycles. The summed E-state index contributed by atoms with van der Waals surface area (Å²) >= 11 is 6.71. The smallest absolute Gasteiger partial charge is 0.412 e. The van der Waals surface area contributed by atoms with Crippen LogP contribution in [0.4, 0.5) is 15.3 Å². The molecule has 0 radical (unpaired) electrons. The Kier molecular flexibility index (Phi) is 7.27. The molecule has 3 atom stereocenters. The Labute approximate surface area is 225 Å². The summed E-state index contributed by atoms with van der Waals surface area (Å²) in [6.45, 7) is 1.81. The third kappa shape index (κ3) is 5.46. The Morgan fingerprint density at radius 3 is 2.53 bits per heavy atom. The first-order chi connectivity index (χ1) is 18.2. The van der Waals surface area contributed by atoms with Gasteiger partial charge in [-0.15, -0.1) is 0 Å². The second kappa shape index (κ2) is 10.6. The Morgan fingerprint density at radius 1 is 1.13 bits per heavy atom. The van der Waals surface area contributed by atoms with Crippen LogP contribution in [0.1, 0.15) is 50.2 Å². The molecule has 2 saturated heterocycles. The van der Waals surface area contributed by atoms with E-state index in [0.29, 0.717) is 24.1 Å². The number of carbonyl (C=O) groups excluding carboxylic acids is 2. The van der Waals surface area contributed by atoms with Gasteiger partial charge < -0.3 is 14.6 Å². The summed E-state index contributed by atoms with van der Waals surface area (Å²) in [6.07, 6.45) is 1.22. The maximum atomic E-state index is 13.5. The molecule has 5 rings (SSSR count). The molecule has 2 unspecified atom stereocenters. The monoisotopic (exact) mass is 540 g/mol. The quantitative estimate of drug-likeness (QED) is 0.496. The second-order valence-corrected chi connectivity index (χ2v) is 10.4. The number of fused-ring (bicyclic) bond motifs is 2. The van der Waals surface area contributed by atoms with Gasteiger partial charge in [-0.2, -0.15) is 0 Å². The van der Waals surface area contributed by atoms with Crippen molar-refractivity contribution in [3.63, 3.8) is 0 Å². The van der Waals surface area contributed by atoms with Gasteiger partial charge in [-0.1, -0.05) is 54.1 Å². The molecule has 2 fully saturated rings. The van der Waals surface area contributed by atoms with Crippen LogP contribution in [-0.2, 0) is 26.4 Å². The van der Waals surface area contributed by atoms with Gasteiger partial charge in [0.15, 0.2) is 0 Å². The summed E-state index contributed by atoms with van der Waals surface area (Å²) in [5.41, 5.74) is 0.441. The minimum Gasteiger partial charge on any atom is -0.465 e.